The SMILES string of the molecule is CCCCCC1=C[C@]2(O)[C@H](Oc3cc4c(c(O)c3OC3(c5cccc(O)c5)CCCC3)C(O)=CC(c3ccc(O[C@H](CO)[C@H](O)C5=NC(=[NH2+])C=C5)cc3)O4)O[C@H](C(=O)O)[C@](O)([C@H]1C1=NC=NC1)[C@H]2O. The fourth-order valence-electron chi connectivity index (χ4n) is 10.3. The predicted molar refractivity (Wildman–Crippen MR) is 248 cm³/mol. The van der Waals surface area contributed by atoms with Crippen molar-refractivity contribution in [3.63, 3.8) is 0 Å². The van der Waals surface area contributed by atoms with Crippen LogP contribution in [0.25, 0.3) is 5.76 Å². The summed E-state index contributed by atoms with van der Waals surface area (Å²) in [6, 6.07) is 14.1. The first-order chi connectivity index (χ1) is 33.1. The summed E-state index contributed by atoms with van der Waals surface area (Å²) in [6.07, 6.45) is 1.76. The average molecular weight is 952 g/mol. The van der Waals surface area contributed by atoms with Crippen LogP contribution in [0.1, 0.15) is 81.1 Å². The minimum absolute atomic E-state index is 0.0177. The third-order valence-corrected chi connectivity index (χ3v) is 13.7. The van der Waals surface area contributed by atoms with Crippen LogP contribution in [0.3, 0.4) is 0 Å². The van der Waals surface area contributed by atoms with Crippen LogP contribution < -0.4 is 24.4 Å². The molecule has 1 saturated carbocycles. The molecule has 2 bridgehead atoms. The molecular weight excluding hydrogens is 897 g/mol. The molecule has 0 spiro atoms. The zero-order valence-corrected chi connectivity index (χ0v) is 37.6. The number of amidine groups is 1. The lowest BCUT2D eigenvalue weighted by atomic mass is 9.60. The number of carboxylic acid groups (broad SMARTS) is 1. The Hall–Kier alpha value is -6.61. The number of aliphatic imine (C=N–C) groups is 3. The maximum Gasteiger partial charge on any atom is 0.336 e. The number of phenolic OH excluding ortho intramolecular Hbond substituents is 2. The third-order valence-electron chi connectivity index (χ3n) is 13.7. The van der Waals surface area contributed by atoms with Crippen LogP contribution in [0.2, 0.25) is 0 Å². The molecule has 1 unspecified atom stereocenters. The molecule has 6 aliphatic rings. The first-order valence-corrected chi connectivity index (χ1v) is 22.9. The van der Waals surface area contributed by atoms with Crippen LogP contribution in [0.5, 0.6) is 34.5 Å². The van der Waals surface area contributed by atoms with E-state index < -0.39 is 83.6 Å². The molecule has 4 heterocycles. The number of aromatic hydroxyl groups is 2. The molecule has 11 N–H and O–H groups in total. The van der Waals surface area contributed by atoms with E-state index in [9.17, 15) is 50.8 Å². The summed E-state index contributed by atoms with van der Waals surface area (Å²) in [5.74, 6) is -4.38. The van der Waals surface area contributed by atoms with Gasteiger partial charge in [0.25, 0.3) is 0 Å². The number of carboxylic acids is 1. The van der Waals surface area contributed by atoms with Gasteiger partial charge in [0, 0.05) is 18.2 Å². The van der Waals surface area contributed by atoms with Gasteiger partial charge in [0.1, 0.15) is 58.3 Å². The Bertz CT molecular complexity index is 2690. The van der Waals surface area contributed by atoms with Crippen molar-refractivity contribution in [1.29, 1.82) is 0 Å². The number of fused-ring (bicyclic) bond motifs is 3. The van der Waals surface area contributed by atoms with Crippen molar-refractivity contribution in [2.24, 2.45) is 20.9 Å². The second-order valence-corrected chi connectivity index (χ2v) is 18.2. The molecule has 19 heteroatoms. The summed E-state index contributed by atoms with van der Waals surface area (Å²) in [6.45, 7) is 1.47. The van der Waals surface area contributed by atoms with Gasteiger partial charge < -0.3 is 69.6 Å². The molecular formula is C50H55N4O15+. The summed E-state index contributed by atoms with van der Waals surface area (Å²) in [4.78, 5) is 25.7. The van der Waals surface area contributed by atoms with Crippen LogP contribution in [-0.4, -0.2) is 131 Å². The number of nitrogens with zero attached hydrogens (tertiary/aromatic N) is 3. The van der Waals surface area contributed by atoms with Crippen LogP contribution in [0, 0.1) is 5.92 Å². The van der Waals surface area contributed by atoms with Gasteiger partial charge in [-0.3, -0.25) is 10.4 Å². The molecule has 2 aliphatic carbocycles. The van der Waals surface area contributed by atoms with Crippen molar-refractivity contribution in [2.75, 3.05) is 13.2 Å². The second kappa shape index (κ2) is 18.7. The Morgan fingerprint density at radius 2 is 1.80 bits per heavy atom. The number of aliphatic carboxylic acids is 1. The predicted octanol–water partition coefficient (Wildman–Crippen LogP) is 2.88. The number of hydrogen-bond donors (Lipinski definition) is 10. The van der Waals surface area contributed by atoms with Gasteiger partial charge in [-0.05, 0) is 91.1 Å². The van der Waals surface area contributed by atoms with E-state index in [1.807, 2.05) is 6.92 Å². The number of rotatable bonds is 17. The van der Waals surface area contributed by atoms with Gasteiger partial charge in [-0.1, -0.05) is 49.6 Å². The van der Waals surface area contributed by atoms with Gasteiger partial charge in [0.15, 0.2) is 41.1 Å². The highest BCUT2D eigenvalue weighted by Crippen LogP contribution is 2.57. The monoisotopic (exact) mass is 951 g/mol. The summed E-state index contributed by atoms with van der Waals surface area (Å²) >= 11 is 0. The van der Waals surface area contributed by atoms with Gasteiger partial charge in [0.2, 0.25) is 12.0 Å². The quantitative estimate of drug-likeness (QED) is 0.0687. The minimum atomic E-state index is -2.66. The molecule has 3 aromatic rings. The number of hydrogen-bond acceptors (Lipinski definition) is 16. The van der Waals surface area contributed by atoms with Crippen molar-refractivity contribution in [2.45, 2.75) is 112 Å². The number of phenols is 2. The molecule has 0 radical (unpaired) electrons. The molecule has 19 nitrogen and oxygen atoms in total. The molecule has 1 saturated heterocycles. The lowest BCUT2D eigenvalue weighted by molar-refractivity contribution is -0.338. The van der Waals surface area contributed by atoms with E-state index in [4.69, 9.17) is 29.1 Å². The fourth-order valence-corrected chi connectivity index (χ4v) is 10.3. The highest BCUT2D eigenvalue weighted by Gasteiger charge is 2.71. The number of unbranched alkanes of at least 4 members (excludes halogenated alkanes) is 2. The zero-order valence-electron chi connectivity index (χ0n) is 37.6. The van der Waals surface area contributed by atoms with Crippen LogP contribution in [0.4, 0.5) is 0 Å². The molecule has 9 rings (SSSR count). The number of aliphatic hydroxyl groups excluding tert-OH is 4. The molecule has 69 heavy (non-hydrogen) atoms. The molecule has 3 aromatic carbocycles. The number of aliphatic hydroxyl groups is 6. The molecule has 9 atom stereocenters. The number of benzene rings is 3. The van der Waals surface area contributed by atoms with Crippen molar-refractivity contribution in [3.8, 4) is 34.5 Å². The Morgan fingerprint density at radius 3 is 2.45 bits per heavy atom. The van der Waals surface area contributed by atoms with Gasteiger partial charge in [-0.2, -0.15) is 0 Å². The summed E-state index contributed by atoms with van der Waals surface area (Å²) < 4.78 is 31.6. The molecule has 2 fully saturated rings. The molecule has 0 amide bonds. The highest BCUT2D eigenvalue weighted by molar-refractivity contribution is 6.15. The van der Waals surface area contributed by atoms with Crippen molar-refractivity contribution in [1.82, 2.24) is 0 Å². The molecule has 4 aliphatic heterocycles. The first-order valence-electron chi connectivity index (χ1n) is 22.9. The third kappa shape index (κ3) is 8.52. The summed E-state index contributed by atoms with van der Waals surface area (Å²) in [5.41, 5.74) is -4.70. The smallest absolute Gasteiger partial charge is 0.336 e. The van der Waals surface area contributed by atoms with E-state index in [0.717, 1.165) is 12.8 Å². The highest BCUT2D eigenvalue weighted by atomic mass is 16.7. The van der Waals surface area contributed by atoms with E-state index in [0.29, 0.717) is 48.8 Å². The lowest BCUT2D eigenvalue weighted by Gasteiger charge is -2.57. The fraction of sp³-hybridized carbons (Fsp3) is 0.420. The Balaban J connectivity index is 1.11. The zero-order chi connectivity index (χ0) is 48.8. The normalized spacial score (nSPS) is 28.4. The second-order valence-electron chi connectivity index (χ2n) is 18.2. The van der Waals surface area contributed by atoms with Crippen molar-refractivity contribution in [3.05, 3.63) is 101 Å². The Kier molecular flexibility index (Phi) is 12.9. The Labute approximate surface area is 395 Å². The van der Waals surface area contributed by atoms with E-state index >= 15 is 0 Å². The number of carbonyl (C=O) groups is 1. The summed E-state index contributed by atoms with van der Waals surface area (Å²) in [7, 11) is 0. The molecule has 364 valence electrons. The largest absolute Gasteiger partial charge is 0.508 e. The average Bonchev–Trinajstić information content (AvgIpc) is 4.13. The van der Waals surface area contributed by atoms with Crippen LogP contribution >= 0.6 is 0 Å². The van der Waals surface area contributed by atoms with Gasteiger partial charge >= 0.3 is 11.8 Å². The summed E-state index contributed by atoms with van der Waals surface area (Å²) in [5, 5.41) is 109. The van der Waals surface area contributed by atoms with E-state index in [2.05, 4.69) is 15.0 Å². The van der Waals surface area contributed by atoms with Gasteiger partial charge in [-0.15, -0.1) is 0 Å². The topological polar surface area (TPSA) is 308 Å². The van der Waals surface area contributed by atoms with Crippen molar-refractivity contribution < 1.29 is 79.8 Å². The van der Waals surface area contributed by atoms with E-state index in [1.165, 1.54) is 48.8 Å². The van der Waals surface area contributed by atoms with Crippen LogP contribution in [0.15, 0.2) is 99.5 Å². The minimum Gasteiger partial charge on any atom is -0.508 e. The molecule has 0 aromatic heterocycles. The van der Waals surface area contributed by atoms with Crippen LogP contribution in [-0.2, 0) is 15.1 Å². The van der Waals surface area contributed by atoms with E-state index in [-0.39, 0.29) is 64.5 Å². The maximum absolute atomic E-state index is 13.2. The number of ether oxygens (including phenoxy) is 5. The standard InChI is InChI=1S/C50H54N4O15/c1-2-3-4-8-27-22-49(63)46(62)50(64,40(27)32-23-52-25-53-32)44(45(60)61)68-47(49)67-36-21-35-39(42(59)43(36)69-48(17-5-6-18-48)28-9-7-10-29(56)19-28)33(57)20-34(66-35)26-11-13-30(14-12-26)65-37(24-55)41(58)31-15-16-38(51)54-31/h7,9-16,19-22,25,34,37,40-41,44,46-47,51,55-59,62-64H,2-6,8,17-18,23-24H2,1H3,(H,60,61)/p+1/t34?,37-,40-,41-,44-,46+,47-,49-,50-/m1/s1. The lowest BCUT2D eigenvalue weighted by Crippen LogP contribution is -2.79. The first kappa shape index (κ1) is 47.5. The van der Waals surface area contributed by atoms with Gasteiger partial charge in [-0.25, -0.2) is 9.79 Å². The van der Waals surface area contributed by atoms with Crippen molar-refractivity contribution >= 4 is 35.3 Å². The van der Waals surface area contributed by atoms with Gasteiger partial charge in [0.05, 0.1) is 24.8 Å². The number of nitrogens with two attached hydrogens (primary N) is 1. The van der Waals surface area contributed by atoms with E-state index in [1.54, 1.807) is 36.4 Å². The maximum atomic E-state index is 13.2. The Morgan fingerprint density at radius 1 is 1.03 bits per heavy atom.